The number of nitrogens with one attached hydrogen (secondary N) is 1. The predicted octanol–water partition coefficient (Wildman–Crippen LogP) is 3.34. The van der Waals surface area contributed by atoms with Gasteiger partial charge in [0.25, 0.3) is 0 Å². The Kier molecular flexibility index (Phi) is 4.68. The molecule has 1 aliphatic heterocycles. The molecule has 0 amide bonds. The van der Waals surface area contributed by atoms with E-state index in [1.807, 2.05) is 6.92 Å². The van der Waals surface area contributed by atoms with Gasteiger partial charge in [0.15, 0.2) is 0 Å². The van der Waals surface area contributed by atoms with E-state index in [0.717, 1.165) is 29.3 Å². The zero-order valence-corrected chi connectivity index (χ0v) is 14.8. The van der Waals surface area contributed by atoms with E-state index in [2.05, 4.69) is 22.2 Å². The Morgan fingerprint density at radius 3 is 2.54 bits per heavy atom. The molecule has 2 heterocycles. The average molecular weight is 344 g/mol. The van der Waals surface area contributed by atoms with Crippen LogP contribution in [0, 0.1) is 13.8 Å². The van der Waals surface area contributed by atoms with Crippen molar-refractivity contribution in [3.8, 4) is 0 Å². The second-order valence-electron chi connectivity index (χ2n) is 7.46. The number of hydrogen-bond donors (Lipinski definition) is 1. The van der Waals surface area contributed by atoms with Crippen molar-refractivity contribution < 1.29 is 13.2 Å². The molecule has 1 aromatic heterocycles. The van der Waals surface area contributed by atoms with Gasteiger partial charge in [-0.3, -0.25) is 9.58 Å². The Labute approximate surface area is 141 Å². The third-order valence-corrected chi connectivity index (χ3v) is 5.32. The molecule has 0 spiro atoms. The molecule has 3 unspecified atom stereocenters. The van der Waals surface area contributed by atoms with E-state index in [0.29, 0.717) is 23.5 Å². The fourth-order valence-electron chi connectivity index (χ4n) is 4.19. The van der Waals surface area contributed by atoms with E-state index < -0.39 is 12.7 Å². The summed E-state index contributed by atoms with van der Waals surface area (Å²) >= 11 is 0. The molecule has 0 aromatic carbocycles. The lowest BCUT2D eigenvalue weighted by atomic mass is 10.0. The summed E-state index contributed by atoms with van der Waals surface area (Å²) in [6, 6.07) is 1.72. The molecular formula is C17H27F3N4. The fraction of sp³-hybridized carbons (Fsp3) is 0.824. The van der Waals surface area contributed by atoms with Crippen molar-refractivity contribution in [3.63, 3.8) is 0 Å². The summed E-state index contributed by atoms with van der Waals surface area (Å²) in [6.45, 7) is 7.82. The van der Waals surface area contributed by atoms with Gasteiger partial charge in [0, 0.05) is 42.0 Å². The third kappa shape index (κ3) is 3.77. The van der Waals surface area contributed by atoms with Gasteiger partial charge in [0.1, 0.15) is 6.54 Å². The van der Waals surface area contributed by atoms with E-state index >= 15 is 0 Å². The van der Waals surface area contributed by atoms with Crippen LogP contribution in [0.25, 0.3) is 0 Å². The van der Waals surface area contributed by atoms with Gasteiger partial charge < -0.3 is 5.32 Å². The second kappa shape index (κ2) is 6.33. The van der Waals surface area contributed by atoms with Gasteiger partial charge in [-0.1, -0.05) is 0 Å². The molecule has 1 N–H and O–H groups in total. The van der Waals surface area contributed by atoms with Gasteiger partial charge in [0.2, 0.25) is 0 Å². The lowest BCUT2D eigenvalue weighted by Gasteiger charge is -2.21. The van der Waals surface area contributed by atoms with Crippen molar-refractivity contribution in [2.75, 3.05) is 6.54 Å². The molecule has 1 saturated carbocycles. The van der Waals surface area contributed by atoms with Crippen molar-refractivity contribution in [2.45, 2.75) is 83.8 Å². The van der Waals surface area contributed by atoms with Crippen LogP contribution in [-0.4, -0.2) is 45.5 Å². The normalized spacial score (nSPS) is 27.0. The first-order valence-corrected chi connectivity index (χ1v) is 8.78. The topological polar surface area (TPSA) is 33.1 Å². The van der Waals surface area contributed by atoms with Gasteiger partial charge in [-0.2, -0.15) is 18.3 Å². The van der Waals surface area contributed by atoms with Crippen LogP contribution in [0.2, 0.25) is 0 Å². The Balaban J connectivity index is 1.68. The number of alkyl halides is 3. The second-order valence-corrected chi connectivity index (χ2v) is 7.46. The summed E-state index contributed by atoms with van der Waals surface area (Å²) in [5.41, 5.74) is 2.19. The number of likely N-dealkylation sites (tertiary alicyclic amines) is 1. The van der Waals surface area contributed by atoms with Crippen LogP contribution in [0.1, 0.15) is 56.1 Å². The number of halogens is 3. The predicted molar refractivity (Wildman–Crippen MR) is 86.9 cm³/mol. The lowest BCUT2D eigenvalue weighted by Crippen LogP contribution is -2.35. The van der Waals surface area contributed by atoms with E-state index in [1.165, 1.54) is 12.8 Å². The molecule has 24 heavy (non-hydrogen) atoms. The van der Waals surface area contributed by atoms with Crippen molar-refractivity contribution in [1.82, 2.24) is 20.0 Å². The van der Waals surface area contributed by atoms with Crippen LogP contribution in [0.5, 0.6) is 0 Å². The minimum atomic E-state index is -4.25. The minimum absolute atomic E-state index is 0.00309. The Morgan fingerprint density at radius 2 is 1.96 bits per heavy atom. The molecule has 136 valence electrons. The maximum absolute atomic E-state index is 12.7. The number of nitrogens with zero attached hydrogens (tertiary/aromatic N) is 3. The van der Waals surface area contributed by atoms with E-state index in [-0.39, 0.29) is 6.04 Å². The summed E-state index contributed by atoms with van der Waals surface area (Å²) < 4.78 is 39.1. The fourth-order valence-corrected chi connectivity index (χ4v) is 4.19. The van der Waals surface area contributed by atoms with Crippen LogP contribution >= 0.6 is 0 Å². The molecule has 4 nitrogen and oxygen atoms in total. The largest absolute Gasteiger partial charge is 0.408 e. The zero-order valence-electron chi connectivity index (χ0n) is 14.8. The molecule has 7 heteroatoms. The number of aromatic nitrogens is 2. The van der Waals surface area contributed by atoms with Crippen molar-refractivity contribution in [1.29, 1.82) is 0 Å². The molecule has 0 bridgehead atoms. The van der Waals surface area contributed by atoms with Crippen molar-refractivity contribution in [3.05, 3.63) is 17.0 Å². The first-order chi connectivity index (χ1) is 11.2. The summed E-state index contributed by atoms with van der Waals surface area (Å²) in [5.74, 6) is 0. The minimum Gasteiger partial charge on any atom is -0.306 e. The van der Waals surface area contributed by atoms with Crippen LogP contribution in [-0.2, 0) is 6.54 Å². The van der Waals surface area contributed by atoms with Crippen molar-refractivity contribution in [2.24, 2.45) is 0 Å². The highest BCUT2D eigenvalue weighted by atomic mass is 19.4. The van der Waals surface area contributed by atoms with Crippen molar-refractivity contribution >= 4 is 0 Å². The van der Waals surface area contributed by atoms with Gasteiger partial charge in [-0.05, 0) is 47.0 Å². The highest BCUT2D eigenvalue weighted by molar-refractivity contribution is 5.28. The van der Waals surface area contributed by atoms with Crippen LogP contribution in [0.3, 0.4) is 0 Å². The van der Waals surface area contributed by atoms with Gasteiger partial charge >= 0.3 is 6.18 Å². The molecule has 2 aliphatic rings. The molecule has 3 rings (SSSR count). The maximum atomic E-state index is 12.7. The number of rotatable bonds is 5. The molecular weight excluding hydrogens is 317 g/mol. The highest BCUT2D eigenvalue weighted by Gasteiger charge is 2.39. The maximum Gasteiger partial charge on any atom is 0.408 e. The standard InChI is InChI=1S/C17H27F3N4/c1-10-7-14(8-23(10)15-5-6-15)21-11(2)16-12(3)22-24(13(16)4)9-17(18,19)20/h10-11,14-15,21H,5-9H2,1-4H3. The van der Waals surface area contributed by atoms with Crippen LogP contribution in [0.4, 0.5) is 13.2 Å². The smallest absolute Gasteiger partial charge is 0.306 e. The zero-order chi connectivity index (χ0) is 17.6. The first kappa shape index (κ1) is 17.7. The molecule has 0 radical (unpaired) electrons. The third-order valence-electron chi connectivity index (χ3n) is 5.32. The molecule has 3 atom stereocenters. The highest BCUT2D eigenvalue weighted by Crippen LogP contribution is 2.34. The number of hydrogen-bond acceptors (Lipinski definition) is 3. The first-order valence-electron chi connectivity index (χ1n) is 8.78. The molecule has 1 aliphatic carbocycles. The summed E-state index contributed by atoms with van der Waals surface area (Å²) in [5, 5.41) is 7.73. The average Bonchev–Trinajstić information content (AvgIpc) is 3.15. The van der Waals surface area contributed by atoms with Gasteiger partial charge in [-0.25, -0.2) is 0 Å². The summed E-state index contributed by atoms with van der Waals surface area (Å²) in [7, 11) is 0. The van der Waals surface area contributed by atoms with E-state index in [4.69, 9.17) is 0 Å². The molecule has 1 saturated heterocycles. The summed E-state index contributed by atoms with van der Waals surface area (Å²) in [4.78, 5) is 2.57. The van der Waals surface area contributed by atoms with Gasteiger partial charge in [-0.15, -0.1) is 0 Å². The van der Waals surface area contributed by atoms with E-state index in [1.54, 1.807) is 13.8 Å². The lowest BCUT2D eigenvalue weighted by molar-refractivity contribution is -0.142. The quantitative estimate of drug-likeness (QED) is 0.889. The van der Waals surface area contributed by atoms with Gasteiger partial charge in [0.05, 0.1) is 5.69 Å². The Hall–Kier alpha value is -1.08. The van der Waals surface area contributed by atoms with E-state index in [9.17, 15) is 13.2 Å². The monoisotopic (exact) mass is 344 g/mol. The molecule has 2 fully saturated rings. The summed E-state index contributed by atoms with van der Waals surface area (Å²) in [6.07, 6.45) is -0.553. The number of aryl methyl sites for hydroxylation is 1. The molecule has 1 aromatic rings. The Bertz CT molecular complexity index is 591. The van der Waals surface area contributed by atoms with Crippen LogP contribution < -0.4 is 5.32 Å². The van der Waals surface area contributed by atoms with Crippen LogP contribution in [0.15, 0.2) is 0 Å². The Morgan fingerprint density at radius 1 is 1.29 bits per heavy atom. The SMILES string of the molecule is Cc1nn(CC(F)(F)F)c(C)c1C(C)NC1CC(C)N(C2CC2)C1.